The van der Waals surface area contributed by atoms with Crippen LogP contribution in [0, 0.1) is 10.1 Å². The van der Waals surface area contributed by atoms with E-state index in [0.717, 1.165) is 0 Å². The molecule has 1 aromatic rings. The fraction of sp³-hybridized carbons (Fsp3) is 0.444. The number of nitrogens with one attached hydrogen (secondary N) is 1. The Hall–Kier alpha value is -1.21. The fourth-order valence-electron chi connectivity index (χ4n) is 1.06. The van der Waals surface area contributed by atoms with E-state index in [1.807, 2.05) is 0 Å². The van der Waals surface area contributed by atoms with Crippen LogP contribution < -0.4 is 5.32 Å². The first-order valence-corrected chi connectivity index (χ1v) is 6.77. The van der Waals surface area contributed by atoms with E-state index in [4.69, 9.17) is 11.6 Å². The Labute approximate surface area is 106 Å². The van der Waals surface area contributed by atoms with Crippen LogP contribution >= 0.6 is 11.6 Å². The van der Waals surface area contributed by atoms with E-state index in [1.54, 1.807) is 13.2 Å². The maximum absolute atomic E-state index is 11.1. The van der Waals surface area contributed by atoms with Crippen molar-refractivity contribution in [3.8, 4) is 0 Å². The van der Waals surface area contributed by atoms with E-state index in [9.17, 15) is 14.3 Å². The minimum atomic E-state index is -0.992. The van der Waals surface area contributed by atoms with Crippen LogP contribution in [0.25, 0.3) is 0 Å². The van der Waals surface area contributed by atoms with Crippen LogP contribution in [0.2, 0.25) is 5.02 Å². The molecule has 2 unspecified atom stereocenters. The lowest BCUT2D eigenvalue weighted by atomic mass is 10.3. The van der Waals surface area contributed by atoms with Crippen LogP contribution in [0.1, 0.15) is 6.92 Å². The van der Waals surface area contributed by atoms with Crippen LogP contribution in [0.15, 0.2) is 12.3 Å². The maximum atomic E-state index is 11.1. The Bertz CT molecular complexity index is 455. The molecule has 0 aliphatic carbocycles. The summed E-state index contributed by atoms with van der Waals surface area (Å²) in [5.74, 6) is 0.136. The molecule has 1 heterocycles. The van der Waals surface area contributed by atoms with Crippen molar-refractivity contribution >= 4 is 33.9 Å². The molecule has 6 nitrogen and oxygen atoms in total. The molecule has 0 aromatic carbocycles. The molecular formula is C9H12ClN3O3S. The number of pyridine rings is 1. The van der Waals surface area contributed by atoms with Crippen LogP contribution in [0.3, 0.4) is 0 Å². The number of halogens is 1. The largest absolute Gasteiger partial charge is 0.363 e. The van der Waals surface area contributed by atoms with Crippen molar-refractivity contribution in [2.45, 2.75) is 12.2 Å². The molecule has 0 fully saturated rings. The molecule has 94 valence electrons. The van der Waals surface area contributed by atoms with Gasteiger partial charge in [-0.3, -0.25) is 14.3 Å². The number of anilines is 1. The monoisotopic (exact) mass is 277 g/mol. The summed E-state index contributed by atoms with van der Waals surface area (Å²) in [5.41, 5.74) is -0.188. The Balaban J connectivity index is 2.84. The van der Waals surface area contributed by atoms with Crippen molar-refractivity contribution in [2.24, 2.45) is 0 Å². The summed E-state index contributed by atoms with van der Waals surface area (Å²) in [7, 11) is -0.992. The van der Waals surface area contributed by atoms with Gasteiger partial charge in [0.2, 0.25) is 5.82 Å². The smallest absolute Gasteiger partial charge is 0.312 e. The van der Waals surface area contributed by atoms with Crippen LogP contribution in [0.5, 0.6) is 0 Å². The highest BCUT2D eigenvalue weighted by atomic mass is 35.5. The fourth-order valence-corrected chi connectivity index (χ4v) is 1.53. The molecule has 0 spiro atoms. The minimum Gasteiger partial charge on any atom is -0.363 e. The molecule has 0 radical (unpaired) electrons. The molecule has 1 N–H and O–H groups in total. The topological polar surface area (TPSA) is 85.1 Å². The molecular weight excluding hydrogens is 266 g/mol. The second-order valence-electron chi connectivity index (χ2n) is 3.47. The summed E-state index contributed by atoms with van der Waals surface area (Å²) in [6.07, 6.45) is 2.90. The normalized spacial score (nSPS) is 14.1. The first-order chi connectivity index (χ1) is 7.91. The lowest BCUT2D eigenvalue weighted by Crippen LogP contribution is -2.21. The zero-order chi connectivity index (χ0) is 13.0. The Morgan fingerprint density at radius 3 is 2.88 bits per heavy atom. The zero-order valence-electron chi connectivity index (χ0n) is 9.34. The average molecular weight is 278 g/mol. The first-order valence-electron chi connectivity index (χ1n) is 4.78. The van der Waals surface area contributed by atoms with E-state index in [0.29, 0.717) is 6.54 Å². The van der Waals surface area contributed by atoms with Gasteiger partial charge in [-0.15, -0.1) is 0 Å². The number of hydrogen-bond acceptors (Lipinski definition) is 5. The van der Waals surface area contributed by atoms with Gasteiger partial charge in [0.1, 0.15) is 0 Å². The summed E-state index contributed by atoms with van der Waals surface area (Å²) >= 11 is 5.63. The van der Waals surface area contributed by atoms with Gasteiger partial charge >= 0.3 is 5.69 Å². The standard InChI is InChI=1S/C9H12ClN3O3S/c1-6(17(2)16)4-11-9-8(13(14)15)3-7(10)5-12-9/h3,5-6H,4H2,1-2H3,(H,11,12). The summed E-state index contributed by atoms with van der Waals surface area (Å²) in [4.78, 5) is 14.0. The van der Waals surface area contributed by atoms with Gasteiger partial charge in [-0.05, 0) is 6.92 Å². The zero-order valence-corrected chi connectivity index (χ0v) is 10.9. The van der Waals surface area contributed by atoms with E-state index in [-0.39, 0.29) is 21.8 Å². The number of nitrogens with zero attached hydrogens (tertiary/aromatic N) is 2. The molecule has 1 aromatic heterocycles. The molecule has 0 aliphatic rings. The third kappa shape index (κ3) is 3.94. The quantitative estimate of drug-likeness (QED) is 0.655. The van der Waals surface area contributed by atoms with E-state index in [1.165, 1.54) is 12.3 Å². The number of hydrogen-bond donors (Lipinski definition) is 1. The van der Waals surface area contributed by atoms with Crippen molar-refractivity contribution in [3.63, 3.8) is 0 Å². The summed E-state index contributed by atoms with van der Waals surface area (Å²) in [5, 5.41) is 13.6. The van der Waals surface area contributed by atoms with E-state index < -0.39 is 15.7 Å². The molecule has 0 amide bonds. The summed E-state index contributed by atoms with van der Waals surface area (Å²) in [6.45, 7) is 2.13. The highest BCUT2D eigenvalue weighted by Crippen LogP contribution is 2.24. The molecule has 0 saturated carbocycles. The molecule has 1 rings (SSSR count). The predicted octanol–water partition coefficient (Wildman–Crippen LogP) is 1.82. The highest BCUT2D eigenvalue weighted by Gasteiger charge is 2.17. The van der Waals surface area contributed by atoms with Crippen molar-refractivity contribution < 1.29 is 9.13 Å². The SMILES string of the molecule is CC(CNc1ncc(Cl)cc1[N+](=O)[O-])S(C)=O. The van der Waals surface area contributed by atoms with Crippen molar-refractivity contribution in [1.82, 2.24) is 4.98 Å². The third-order valence-corrected chi connectivity index (χ3v) is 3.66. The van der Waals surface area contributed by atoms with Crippen LogP contribution in [-0.4, -0.2) is 32.2 Å². The van der Waals surface area contributed by atoms with Gasteiger partial charge in [0.05, 0.1) is 9.95 Å². The Morgan fingerprint density at radius 2 is 2.35 bits per heavy atom. The van der Waals surface area contributed by atoms with Gasteiger partial charge in [-0.1, -0.05) is 11.6 Å². The second-order valence-corrected chi connectivity index (χ2v) is 5.71. The molecule has 8 heteroatoms. The number of nitro groups is 1. The van der Waals surface area contributed by atoms with Gasteiger partial charge in [0, 0.05) is 41.1 Å². The first kappa shape index (κ1) is 13.9. The molecule has 0 saturated heterocycles. The molecule has 2 atom stereocenters. The maximum Gasteiger partial charge on any atom is 0.312 e. The van der Waals surface area contributed by atoms with Crippen LogP contribution in [-0.2, 0) is 10.8 Å². The lowest BCUT2D eigenvalue weighted by Gasteiger charge is -2.10. The van der Waals surface area contributed by atoms with Gasteiger partial charge in [-0.25, -0.2) is 4.98 Å². The van der Waals surface area contributed by atoms with Gasteiger partial charge in [0.25, 0.3) is 0 Å². The summed E-state index contributed by atoms with van der Waals surface area (Å²) < 4.78 is 11.1. The second kappa shape index (κ2) is 5.92. The molecule has 17 heavy (non-hydrogen) atoms. The molecule has 0 bridgehead atoms. The van der Waals surface area contributed by atoms with E-state index >= 15 is 0 Å². The predicted molar refractivity (Wildman–Crippen MR) is 67.9 cm³/mol. The van der Waals surface area contributed by atoms with E-state index in [2.05, 4.69) is 10.3 Å². The van der Waals surface area contributed by atoms with Gasteiger partial charge in [0.15, 0.2) is 0 Å². The number of aromatic nitrogens is 1. The Morgan fingerprint density at radius 1 is 1.71 bits per heavy atom. The lowest BCUT2D eigenvalue weighted by molar-refractivity contribution is -0.384. The van der Waals surface area contributed by atoms with Crippen LogP contribution in [0.4, 0.5) is 11.5 Å². The third-order valence-electron chi connectivity index (χ3n) is 2.15. The van der Waals surface area contributed by atoms with Gasteiger partial charge < -0.3 is 5.32 Å². The molecule has 0 aliphatic heterocycles. The Kier molecular flexibility index (Phi) is 4.83. The summed E-state index contributed by atoms with van der Waals surface area (Å²) in [6, 6.07) is 1.23. The minimum absolute atomic E-state index is 0.118. The van der Waals surface area contributed by atoms with Gasteiger partial charge in [-0.2, -0.15) is 0 Å². The van der Waals surface area contributed by atoms with Crippen molar-refractivity contribution in [1.29, 1.82) is 0 Å². The van der Waals surface area contributed by atoms with Crippen molar-refractivity contribution in [2.75, 3.05) is 18.1 Å². The number of rotatable bonds is 5. The average Bonchev–Trinajstić information content (AvgIpc) is 2.26. The van der Waals surface area contributed by atoms with Crippen molar-refractivity contribution in [3.05, 3.63) is 27.4 Å². The highest BCUT2D eigenvalue weighted by molar-refractivity contribution is 7.84.